The van der Waals surface area contributed by atoms with E-state index in [1.165, 1.54) is 18.2 Å². The third kappa shape index (κ3) is 5.95. The second-order valence-electron chi connectivity index (χ2n) is 7.22. The Morgan fingerprint density at radius 2 is 1.56 bits per heavy atom. The van der Waals surface area contributed by atoms with Gasteiger partial charge in [0.25, 0.3) is 15.9 Å². The minimum Gasteiger partial charge on any atom is -0.346 e. The predicted molar refractivity (Wildman–Crippen MR) is 125 cm³/mol. The summed E-state index contributed by atoms with van der Waals surface area (Å²) in [5.41, 5.74) is 2.19. The summed E-state index contributed by atoms with van der Waals surface area (Å²) < 4.78 is 27.5. The molecular formula is C24H25N3O4S. The molecule has 0 saturated carbocycles. The van der Waals surface area contributed by atoms with Gasteiger partial charge in [0.1, 0.15) is 0 Å². The van der Waals surface area contributed by atoms with Crippen molar-refractivity contribution >= 4 is 33.2 Å². The van der Waals surface area contributed by atoms with E-state index in [1.54, 1.807) is 55.5 Å². The molecule has 0 aliphatic carbocycles. The van der Waals surface area contributed by atoms with Crippen molar-refractivity contribution in [1.29, 1.82) is 0 Å². The highest BCUT2D eigenvalue weighted by Gasteiger charge is 2.16. The van der Waals surface area contributed by atoms with Gasteiger partial charge in [0.05, 0.1) is 10.9 Å². The molecule has 166 valence electrons. The fourth-order valence-corrected chi connectivity index (χ4v) is 4.08. The van der Waals surface area contributed by atoms with E-state index in [4.69, 9.17) is 0 Å². The molecule has 0 bridgehead atoms. The number of hydrogen-bond donors (Lipinski definition) is 3. The molecule has 7 nitrogen and oxygen atoms in total. The number of sulfonamides is 1. The number of hydrogen-bond acceptors (Lipinski definition) is 4. The number of benzene rings is 3. The van der Waals surface area contributed by atoms with Crippen LogP contribution >= 0.6 is 0 Å². The van der Waals surface area contributed by atoms with E-state index in [1.807, 2.05) is 19.1 Å². The van der Waals surface area contributed by atoms with E-state index >= 15 is 0 Å². The van der Waals surface area contributed by atoms with Crippen molar-refractivity contribution in [3.63, 3.8) is 0 Å². The lowest BCUT2D eigenvalue weighted by atomic mass is 10.1. The Morgan fingerprint density at radius 3 is 2.22 bits per heavy atom. The summed E-state index contributed by atoms with van der Waals surface area (Å²) in [6.07, 6.45) is 0.398. The molecular weight excluding hydrogens is 426 g/mol. The van der Waals surface area contributed by atoms with Gasteiger partial charge in [-0.05, 0) is 55.0 Å². The van der Waals surface area contributed by atoms with Crippen molar-refractivity contribution in [2.45, 2.75) is 31.2 Å². The Kier molecular flexibility index (Phi) is 7.27. The normalized spacial score (nSPS) is 11.9. The number of amides is 2. The molecule has 3 N–H and O–H groups in total. The number of carbonyl (C=O) groups excluding carboxylic acids is 2. The first kappa shape index (κ1) is 23.0. The van der Waals surface area contributed by atoms with E-state index in [2.05, 4.69) is 15.4 Å². The van der Waals surface area contributed by atoms with Crippen molar-refractivity contribution in [2.75, 3.05) is 10.0 Å². The predicted octanol–water partition coefficient (Wildman–Crippen LogP) is 4.33. The van der Waals surface area contributed by atoms with Gasteiger partial charge in [-0.2, -0.15) is 0 Å². The van der Waals surface area contributed by atoms with Crippen LogP contribution in [0.2, 0.25) is 0 Å². The molecule has 2 amide bonds. The van der Waals surface area contributed by atoms with Crippen LogP contribution in [0.3, 0.4) is 0 Å². The number of nitrogens with one attached hydrogen (secondary N) is 3. The minimum absolute atomic E-state index is 0.0677. The Labute approximate surface area is 187 Å². The molecule has 3 rings (SSSR count). The van der Waals surface area contributed by atoms with Crippen molar-refractivity contribution in [3.8, 4) is 0 Å². The summed E-state index contributed by atoms with van der Waals surface area (Å²) in [7, 11) is -3.75. The van der Waals surface area contributed by atoms with Crippen LogP contribution in [0.25, 0.3) is 0 Å². The fraction of sp³-hybridized carbons (Fsp3) is 0.167. The zero-order chi connectivity index (χ0) is 23.1. The molecule has 0 radical (unpaired) electrons. The molecule has 1 unspecified atom stereocenters. The Bertz CT molecular complexity index is 1190. The minimum atomic E-state index is -3.75. The largest absolute Gasteiger partial charge is 0.346 e. The summed E-state index contributed by atoms with van der Waals surface area (Å²) in [6.45, 7) is 3.63. The summed E-state index contributed by atoms with van der Waals surface area (Å²) >= 11 is 0. The molecule has 0 aliphatic rings. The summed E-state index contributed by atoms with van der Waals surface area (Å²) in [5.74, 6) is -0.400. The highest BCUT2D eigenvalue weighted by atomic mass is 32.2. The molecule has 32 heavy (non-hydrogen) atoms. The summed E-state index contributed by atoms with van der Waals surface area (Å²) in [5, 5.41) is 5.68. The molecule has 0 heterocycles. The van der Waals surface area contributed by atoms with Crippen LogP contribution in [0.4, 0.5) is 11.4 Å². The lowest BCUT2D eigenvalue weighted by Gasteiger charge is -2.16. The first-order valence-electron chi connectivity index (χ1n) is 10.2. The van der Waals surface area contributed by atoms with Crippen molar-refractivity contribution < 1.29 is 18.0 Å². The number of carbonyl (C=O) groups is 2. The Morgan fingerprint density at radius 1 is 0.875 bits per heavy atom. The number of rotatable bonds is 8. The van der Waals surface area contributed by atoms with E-state index < -0.39 is 10.0 Å². The maximum atomic E-state index is 12.7. The van der Waals surface area contributed by atoms with Crippen molar-refractivity contribution in [2.24, 2.45) is 0 Å². The molecule has 0 aromatic heterocycles. The smallest absolute Gasteiger partial charge is 0.261 e. The molecule has 0 fully saturated rings. The lowest BCUT2D eigenvalue weighted by molar-refractivity contribution is -0.115. The van der Waals surface area contributed by atoms with Crippen LogP contribution in [-0.4, -0.2) is 20.2 Å². The van der Waals surface area contributed by atoms with Gasteiger partial charge in [-0.1, -0.05) is 43.3 Å². The average Bonchev–Trinajstić information content (AvgIpc) is 2.80. The zero-order valence-corrected chi connectivity index (χ0v) is 18.6. The van der Waals surface area contributed by atoms with E-state index in [0.717, 1.165) is 5.56 Å². The third-order valence-corrected chi connectivity index (χ3v) is 6.19. The lowest BCUT2D eigenvalue weighted by Crippen LogP contribution is -2.26. The van der Waals surface area contributed by atoms with Crippen molar-refractivity contribution in [1.82, 2.24) is 5.32 Å². The fourth-order valence-electron chi connectivity index (χ4n) is 3.01. The maximum absolute atomic E-state index is 12.7. The van der Waals surface area contributed by atoms with Gasteiger partial charge in [0.2, 0.25) is 5.91 Å². The Balaban J connectivity index is 1.67. The van der Waals surface area contributed by atoms with Gasteiger partial charge < -0.3 is 10.6 Å². The number of anilines is 2. The van der Waals surface area contributed by atoms with Gasteiger partial charge in [-0.3, -0.25) is 14.3 Å². The van der Waals surface area contributed by atoms with Crippen LogP contribution in [0.5, 0.6) is 0 Å². The van der Waals surface area contributed by atoms with Crippen molar-refractivity contribution in [3.05, 3.63) is 90.0 Å². The van der Waals surface area contributed by atoms with Gasteiger partial charge in [-0.25, -0.2) is 8.42 Å². The molecule has 0 aliphatic heterocycles. The van der Waals surface area contributed by atoms with Gasteiger partial charge in [0, 0.05) is 23.4 Å². The second-order valence-corrected chi connectivity index (χ2v) is 8.90. The van der Waals surface area contributed by atoms with Crippen LogP contribution in [0.15, 0.2) is 83.8 Å². The third-order valence-electron chi connectivity index (χ3n) is 4.79. The molecule has 3 aromatic rings. The maximum Gasteiger partial charge on any atom is 0.261 e. The highest BCUT2D eigenvalue weighted by molar-refractivity contribution is 7.92. The molecule has 3 aromatic carbocycles. The summed E-state index contributed by atoms with van der Waals surface area (Å²) in [4.78, 5) is 24.3. The highest BCUT2D eigenvalue weighted by Crippen LogP contribution is 2.19. The second kappa shape index (κ2) is 10.1. The van der Waals surface area contributed by atoms with E-state index in [0.29, 0.717) is 23.4 Å². The Hall–Kier alpha value is -3.65. The summed E-state index contributed by atoms with van der Waals surface area (Å²) in [6, 6.07) is 21.3. The van der Waals surface area contributed by atoms with Gasteiger partial charge in [-0.15, -0.1) is 0 Å². The standard InChI is InChI=1S/C24H25N3O4S/c1-3-23(28)26-20-14-12-18(13-15-20)17(2)25-24(29)19-8-7-9-21(16-19)27-32(30,31)22-10-5-4-6-11-22/h4-17,27H,3H2,1-2H3,(H,25,29)(H,26,28). The zero-order valence-electron chi connectivity index (χ0n) is 17.8. The van der Waals surface area contributed by atoms with Crippen LogP contribution in [0, 0.1) is 0 Å². The quantitative estimate of drug-likeness (QED) is 0.474. The molecule has 8 heteroatoms. The molecule has 0 saturated heterocycles. The first-order chi connectivity index (χ1) is 15.3. The first-order valence-corrected chi connectivity index (χ1v) is 11.7. The van der Waals surface area contributed by atoms with Gasteiger partial charge in [0.15, 0.2) is 0 Å². The average molecular weight is 452 g/mol. The van der Waals surface area contributed by atoms with Crippen LogP contribution in [-0.2, 0) is 14.8 Å². The molecule has 1 atom stereocenters. The van der Waals surface area contributed by atoms with Gasteiger partial charge >= 0.3 is 0 Å². The SMILES string of the molecule is CCC(=O)Nc1ccc(C(C)NC(=O)c2cccc(NS(=O)(=O)c3ccccc3)c2)cc1. The van der Waals surface area contributed by atoms with E-state index in [-0.39, 0.29) is 22.8 Å². The molecule has 0 spiro atoms. The van der Waals surface area contributed by atoms with Crippen LogP contribution < -0.4 is 15.4 Å². The monoisotopic (exact) mass is 451 g/mol. The van der Waals surface area contributed by atoms with Crippen LogP contribution in [0.1, 0.15) is 42.2 Å². The topological polar surface area (TPSA) is 104 Å². The van der Waals surface area contributed by atoms with E-state index in [9.17, 15) is 18.0 Å².